The van der Waals surface area contributed by atoms with Crippen molar-refractivity contribution in [3.05, 3.63) is 0 Å². The van der Waals surface area contributed by atoms with E-state index in [1.54, 1.807) is 11.9 Å². The number of piperidine rings is 1. The van der Waals surface area contributed by atoms with E-state index < -0.39 is 0 Å². The number of hydrogen-bond acceptors (Lipinski definition) is 3. The standard InChI is InChI=1S/C13H21N3O/c1-16(6-2-5-14)13(17)9-10-7-11-3-4-12(8-10)15-11/h10-12,15H,2-4,6-9H2,1H3. The topological polar surface area (TPSA) is 56.1 Å². The van der Waals surface area contributed by atoms with E-state index in [0.717, 1.165) is 12.8 Å². The minimum Gasteiger partial charge on any atom is -0.345 e. The van der Waals surface area contributed by atoms with Crippen molar-refractivity contribution in [3.8, 4) is 6.07 Å². The molecule has 2 fully saturated rings. The first-order valence-corrected chi connectivity index (χ1v) is 6.56. The predicted molar refractivity (Wildman–Crippen MR) is 65.2 cm³/mol. The highest BCUT2D eigenvalue weighted by Gasteiger charge is 2.34. The summed E-state index contributed by atoms with van der Waals surface area (Å²) in [5.74, 6) is 0.748. The Labute approximate surface area is 103 Å². The quantitative estimate of drug-likeness (QED) is 0.798. The van der Waals surface area contributed by atoms with Crippen LogP contribution in [0.2, 0.25) is 0 Å². The highest BCUT2D eigenvalue weighted by Crippen LogP contribution is 2.32. The third-order valence-electron chi connectivity index (χ3n) is 4.02. The molecule has 2 rings (SSSR count). The van der Waals surface area contributed by atoms with E-state index in [4.69, 9.17) is 5.26 Å². The maximum Gasteiger partial charge on any atom is 0.222 e. The van der Waals surface area contributed by atoms with Gasteiger partial charge in [0.05, 0.1) is 12.5 Å². The van der Waals surface area contributed by atoms with Crippen LogP contribution >= 0.6 is 0 Å². The molecule has 1 N–H and O–H groups in total. The molecule has 2 aliphatic rings. The molecule has 2 heterocycles. The van der Waals surface area contributed by atoms with Crippen LogP contribution in [0, 0.1) is 17.2 Å². The summed E-state index contributed by atoms with van der Waals surface area (Å²) in [5, 5.41) is 12.1. The first-order chi connectivity index (χ1) is 8.19. The fourth-order valence-electron chi connectivity index (χ4n) is 3.09. The number of carbonyl (C=O) groups is 1. The van der Waals surface area contributed by atoms with E-state index in [-0.39, 0.29) is 5.91 Å². The highest BCUT2D eigenvalue weighted by atomic mass is 16.2. The number of nitrogens with zero attached hydrogens (tertiary/aromatic N) is 2. The second kappa shape index (κ2) is 5.50. The summed E-state index contributed by atoms with van der Waals surface area (Å²) in [6.07, 6.45) is 5.94. The molecule has 0 aliphatic carbocycles. The van der Waals surface area contributed by atoms with Gasteiger partial charge in [0.2, 0.25) is 5.91 Å². The summed E-state index contributed by atoms with van der Waals surface area (Å²) in [6.45, 7) is 0.563. The van der Waals surface area contributed by atoms with E-state index in [1.807, 2.05) is 0 Å². The van der Waals surface area contributed by atoms with Crippen molar-refractivity contribution in [2.24, 2.45) is 5.92 Å². The van der Waals surface area contributed by atoms with E-state index >= 15 is 0 Å². The van der Waals surface area contributed by atoms with Gasteiger partial charge in [0.1, 0.15) is 0 Å². The molecule has 1 amide bonds. The lowest BCUT2D eigenvalue weighted by molar-refractivity contribution is -0.131. The second-order valence-corrected chi connectivity index (χ2v) is 5.40. The Hall–Kier alpha value is -1.08. The van der Waals surface area contributed by atoms with Gasteiger partial charge in [-0.05, 0) is 31.6 Å². The Morgan fingerprint density at radius 2 is 2.06 bits per heavy atom. The van der Waals surface area contributed by atoms with Crippen molar-refractivity contribution in [2.45, 2.75) is 50.6 Å². The molecular formula is C13H21N3O. The van der Waals surface area contributed by atoms with Crippen molar-refractivity contribution < 1.29 is 4.79 Å². The zero-order valence-electron chi connectivity index (χ0n) is 10.5. The Bertz CT molecular complexity index is 311. The molecule has 2 saturated heterocycles. The molecule has 94 valence electrons. The fourth-order valence-corrected chi connectivity index (χ4v) is 3.09. The van der Waals surface area contributed by atoms with Crippen molar-refractivity contribution in [1.82, 2.24) is 10.2 Å². The first-order valence-electron chi connectivity index (χ1n) is 6.56. The Kier molecular flexibility index (Phi) is 4.01. The van der Waals surface area contributed by atoms with Gasteiger partial charge in [-0.3, -0.25) is 4.79 Å². The van der Waals surface area contributed by atoms with Crippen molar-refractivity contribution in [1.29, 1.82) is 5.26 Å². The molecular weight excluding hydrogens is 214 g/mol. The van der Waals surface area contributed by atoms with Crippen molar-refractivity contribution >= 4 is 5.91 Å². The van der Waals surface area contributed by atoms with Crippen LogP contribution in [0.25, 0.3) is 0 Å². The third-order valence-corrected chi connectivity index (χ3v) is 4.02. The number of hydrogen-bond donors (Lipinski definition) is 1. The van der Waals surface area contributed by atoms with Crippen molar-refractivity contribution in [2.75, 3.05) is 13.6 Å². The zero-order valence-corrected chi connectivity index (χ0v) is 10.5. The van der Waals surface area contributed by atoms with Crippen LogP contribution in [0.15, 0.2) is 0 Å². The molecule has 0 aromatic rings. The summed E-state index contributed by atoms with van der Waals surface area (Å²) < 4.78 is 0. The second-order valence-electron chi connectivity index (χ2n) is 5.40. The van der Waals surface area contributed by atoms with Crippen LogP contribution in [-0.2, 0) is 4.79 Å². The van der Waals surface area contributed by atoms with Gasteiger partial charge >= 0.3 is 0 Å². The summed E-state index contributed by atoms with van der Waals surface area (Å²) in [7, 11) is 1.80. The summed E-state index contributed by atoms with van der Waals surface area (Å²) in [5.41, 5.74) is 0. The number of carbonyl (C=O) groups excluding carboxylic acids is 1. The molecule has 4 heteroatoms. The Morgan fingerprint density at radius 1 is 1.41 bits per heavy atom. The van der Waals surface area contributed by atoms with Crippen LogP contribution in [0.5, 0.6) is 0 Å². The lowest BCUT2D eigenvalue weighted by atomic mass is 9.89. The number of amides is 1. The van der Waals surface area contributed by atoms with Gasteiger partial charge in [-0.1, -0.05) is 0 Å². The van der Waals surface area contributed by atoms with Crippen LogP contribution in [0.1, 0.15) is 38.5 Å². The number of nitriles is 1. The molecule has 2 bridgehead atoms. The fraction of sp³-hybridized carbons (Fsp3) is 0.846. The van der Waals surface area contributed by atoms with E-state index in [1.165, 1.54) is 12.8 Å². The highest BCUT2D eigenvalue weighted by molar-refractivity contribution is 5.76. The monoisotopic (exact) mass is 235 g/mol. The summed E-state index contributed by atoms with van der Waals surface area (Å²) in [4.78, 5) is 13.6. The third kappa shape index (κ3) is 3.19. The normalized spacial score (nSPS) is 30.9. The van der Waals surface area contributed by atoms with Crippen LogP contribution < -0.4 is 5.32 Å². The molecule has 0 saturated carbocycles. The minimum atomic E-state index is 0.201. The number of fused-ring (bicyclic) bond motifs is 2. The molecule has 0 radical (unpaired) electrons. The predicted octanol–water partition coefficient (Wildman–Crippen LogP) is 1.28. The summed E-state index contributed by atoms with van der Waals surface area (Å²) in [6, 6.07) is 3.38. The Morgan fingerprint density at radius 3 is 2.65 bits per heavy atom. The van der Waals surface area contributed by atoms with E-state index in [9.17, 15) is 4.79 Å². The van der Waals surface area contributed by atoms with Crippen LogP contribution in [0.4, 0.5) is 0 Å². The molecule has 2 atom stereocenters. The minimum absolute atomic E-state index is 0.201. The van der Waals surface area contributed by atoms with Crippen LogP contribution in [-0.4, -0.2) is 36.5 Å². The van der Waals surface area contributed by atoms with Gasteiger partial charge in [-0.15, -0.1) is 0 Å². The largest absolute Gasteiger partial charge is 0.345 e. The molecule has 17 heavy (non-hydrogen) atoms. The van der Waals surface area contributed by atoms with E-state index in [2.05, 4.69) is 11.4 Å². The lowest BCUT2D eigenvalue weighted by Crippen LogP contribution is -2.40. The van der Waals surface area contributed by atoms with Gasteiger partial charge in [-0.2, -0.15) is 5.26 Å². The van der Waals surface area contributed by atoms with Gasteiger partial charge in [0.15, 0.2) is 0 Å². The molecule has 0 aromatic heterocycles. The van der Waals surface area contributed by atoms with Crippen molar-refractivity contribution in [3.63, 3.8) is 0 Å². The van der Waals surface area contributed by atoms with Gasteiger partial charge in [-0.25, -0.2) is 0 Å². The Balaban J connectivity index is 1.77. The maximum atomic E-state index is 11.9. The number of rotatable bonds is 4. The maximum absolute atomic E-state index is 11.9. The first kappa shape index (κ1) is 12.4. The van der Waals surface area contributed by atoms with E-state index in [0.29, 0.717) is 37.4 Å². The molecule has 0 aromatic carbocycles. The molecule has 2 aliphatic heterocycles. The smallest absolute Gasteiger partial charge is 0.222 e. The van der Waals surface area contributed by atoms with Gasteiger partial charge in [0.25, 0.3) is 0 Å². The van der Waals surface area contributed by atoms with Gasteiger partial charge < -0.3 is 10.2 Å². The average Bonchev–Trinajstić information content (AvgIpc) is 2.65. The summed E-state index contributed by atoms with van der Waals surface area (Å²) >= 11 is 0. The lowest BCUT2D eigenvalue weighted by Gasteiger charge is -2.29. The zero-order chi connectivity index (χ0) is 12.3. The number of nitrogens with one attached hydrogen (secondary N) is 1. The van der Waals surface area contributed by atoms with Gasteiger partial charge in [0, 0.05) is 32.1 Å². The van der Waals surface area contributed by atoms with Crippen LogP contribution in [0.3, 0.4) is 0 Å². The molecule has 4 nitrogen and oxygen atoms in total. The molecule has 2 unspecified atom stereocenters. The SMILES string of the molecule is CN(CCC#N)C(=O)CC1CC2CCC(C1)N2. The molecule has 0 spiro atoms. The average molecular weight is 235 g/mol.